The van der Waals surface area contributed by atoms with Crippen LogP contribution >= 0.6 is 0 Å². The number of rotatable bonds is 19. The Morgan fingerprint density at radius 2 is 1.03 bits per heavy atom. The van der Waals surface area contributed by atoms with Crippen molar-refractivity contribution >= 4 is 0 Å². The highest BCUT2D eigenvalue weighted by Crippen LogP contribution is 2.43. The van der Waals surface area contributed by atoms with Crippen LogP contribution in [0, 0.1) is 16.2 Å². The summed E-state index contributed by atoms with van der Waals surface area (Å²) >= 11 is 0. The minimum atomic E-state index is -4.83. The van der Waals surface area contributed by atoms with Gasteiger partial charge in [-0.15, -0.1) is 0 Å². The van der Waals surface area contributed by atoms with E-state index in [-0.39, 0.29) is 12.8 Å². The Balaban J connectivity index is 5.28. The maximum absolute atomic E-state index is 13.4. The van der Waals surface area contributed by atoms with Gasteiger partial charge in [0.05, 0.1) is 46.1 Å². The first-order chi connectivity index (χ1) is 16.9. The van der Waals surface area contributed by atoms with E-state index in [1.165, 1.54) is 6.92 Å². The number of alkyl halides is 9. The quantitative estimate of drug-likeness (QED) is 0.136. The normalized spacial score (nSPS) is 17.0. The van der Waals surface area contributed by atoms with E-state index >= 15 is 0 Å². The molecule has 0 aliphatic heterocycles. The van der Waals surface area contributed by atoms with Crippen molar-refractivity contribution in [3.63, 3.8) is 0 Å². The topological polar surface area (TPSA) is 99.4 Å². The number of hydrogen-bond acceptors (Lipinski definition) is 6. The fraction of sp³-hybridized carbons (Fsp3) is 1.00. The van der Waals surface area contributed by atoms with Gasteiger partial charge in [-0.2, -0.15) is 39.5 Å². The Labute approximate surface area is 209 Å². The third-order valence-electron chi connectivity index (χ3n) is 6.49. The van der Waals surface area contributed by atoms with Crippen LogP contribution in [0.4, 0.5) is 39.5 Å². The number of aliphatic hydroxyl groups is 4. The first-order valence-electron chi connectivity index (χ1n) is 11.7. The Bertz CT molecular complexity index is 623. The minimum absolute atomic E-state index is 0.0536. The molecule has 0 aliphatic carbocycles. The Morgan fingerprint density at radius 1 is 0.541 bits per heavy atom. The molecule has 4 N–H and O–H groups in total. The van der Waals surface area contributed by atoms with Crippen molar-refractivity contribution in [2.24, 2.45) is 16.2 Å². The van der Waals surface area contributed by atoms with Crippen LogP contribution in [-0.2, 0) is 9.47 Å². The van der Waals surface area contributed by atoms with Crippen LogP contribution < -0.4 is 0 Å². The molecule has 224 valence electrons. The molecule has 6 nitrogen and oxygen atoms in total. The van der Waals surface area contributed by atoms with E-state index in [9.17, 15) is 59.9 Å². The summed E-state index contributed by atoms with van der Waals surface area (Å²) in [6.07, 6.45) is -19.1. The van der Waals surface area contributed by atoms with E-state index in [1.54, 1.807) is 0 Å². The summed E-state index contributed by atoms with van der Waals surface area (Å²) in [4.78, 5) is 0. The third kappa shape index (κ3) is 12.7. The molecule has 0 aromatic rings. The van der Waals surface area contributed by atoms with Crippen molar-refractivity contribution in [1.82, 2.24) is 0 Å². The molecule has 1 unspecified atom stereocenters. The fourth-order valence-electron chi connectivity index (χ4n) is 3.84. The van der Waals surface area contributed by atoms with E-state index in [0.717, 1.165) is 0 Å². The fourth-order valence-corrected chi connectivity index (χ4v) is 3.84. The molecule has 0 saturated heterocycles. The molecule has 0 aliphatic rings. The highest BCUT2D eigenvalue weighted by atomic mass is 19.4. The van der Waals surface area contributed by atoms with Crippen molar-refractivity contribution in [3.05, 3.63) is 0 Å². The summed E-state index contributed by atoms with van der Waals surface area (Å²) in [7, 11) is 0. The highest BCUT2D eigenvalue weighted by Gasteiger charge is 2.54. The summed E-state index contributed by atoms with van der Waals surface area (Å²) in [5.74, 6) is 0. The van der Waals surface area contributed by atoms with E-state index in [2.05, 4.69) is 0 Å². The van der Waals surface area contributed by atoms with Crippen LogP contribution in [0.25, 0.3) is 0 Å². The average molecular weight is 569 g/mol. The maximum Gasteiger partial charge on any atom is 0.398 e. The number of ether oxygens (including phenoxy) is 2. The van der Waals surface area contributed by atoms with Crippen LogP contribution in [0.3, 0.4) is 0 Å². The molecule has 0 heterocycles. The van der Waals surface area contributed by atoms with E-state index in [1.807, 2.05) is 0 Å². The molecule has 0 aromatic heterocycles. The molecule has 0 spiro atoms. The average Bonchev–Trinajstić information content (AvgIpc) is 2.78. The van der Waals surface area contributed by atoms with Crippen LogP contribution in [0.5, 0.6) is 0 Å². The zero-order valence-corrected chi connectivity index (χ0v) is 20.6. The molecule has 0 fully saturated rings. The second-order valence-corrected chi connectivity index (χ2v) is 9.67. The second kappa shape index (κ2) is 15.1. The van der Waals surface area contributed by atoms with Crippen molar-refractivity contribution in [2.75, 3.05) is 52.9 Å². The van der Waals surface area contributed by atoms with E-state index in [0.29, 0.717) is 0 Å². The first-order valence-corrected chi connectivity index (χ1v) is 11.7. The van der Waals surface area contributed by atoms with Gasteiger partial charge in [-0.25, -0.2) is 0 Å². The predicted octanol–water partition coefficient (Wildman–Crippen LogP) is 4.39. The molecule has 0 rings (SSSR count). The monoisotopic (exact) mass is 568 g/mol. The zero-order valence-electron chi connectivity index (χ0n) is 20.6. The van der Waals surface area contributed by atoms with Gasteiger partial charge in [0.1, 0.15) is 5.41 Å². The number of aliphatic hydroxyl groups excluding tert-OH is 4. The molecule has 37 heavy (non-hydrogen) atoms. The predicted molar refractivity (Wildman–Crippen MR) is 113 cm³/mol. The number of halogens is 9. The Morgan fingerprint density at radius 3 is 1.41 bits per heavy atom. The van der Waals surface area contributed by atoms with E-state index in [4.69, 9.17) is 9.47 Å². The van der Waals surface area contributed by atoms with Crippen molar-refractivity contribution in [1.29, 1.82) is 0 Å². The largest absolute Gasteiger partial charge is 0.398 e. The summed E-state index contributed by atoms with van der Waals surface area (Å²) < 4.78 is 128. The van der Waals surface area contributed by atoms with E-state index < -0.39 is 120 Å². The van der Waals surface area contributed by atoms with Gasteiger partial charge in [-0.3, -0.25) is 0 Å². The minimum Gasteiger partial charge on any atom is -0.396 e. The summed E-state index contributed by atoms with van der Waals surface area (Å²) in [5.41, 5.74) is -6.23. The van der Waals surface area contributed by atoms with Gasteiger partial charge < -0.3 is 29.9 Å². The van der Waals surface area contributed by atoms with Gasteiger partial charge >= 0.3 is 18.5 Å². The summed E-state index contributed by atoms with van der Waals surface area (Å²) in [6.45, 7) is -5.47. The van der Waals surface area contributed by atoms with Crippen LogP contribution in [0.15, 0.2) is 0 Å². The molecule has 2 atom stereocenters. The van der Waals surface area contributed by atoms with Crippen molar-refractivity contribution in [2.45, 2.75) is 70.4 Å². The Hall–Kier alpha value is -0.870. The molecular formula is C22H37F9O6. The smallest absolute Gasteiger partial charge is 0.396 e. The lowest BCUT2D eigenvalue weighted by Crippen LogP contribution is -2.45. The van der Waals surface area contributed by atoms with Gasteiger partial charge in [0.15, 0.2) is 0 Å². The molecule has 0 amide bonds. The van der Waals surface area contributed by atoms with Crippen molar-refractivity contribution < 1.29 is 69.4 Å². The molecule has 0 saturated carbocycles. The lowest BCUT2D eigenvalue weighted by Gasteiger charge is -2.36. The Kier molecular flexibility index (Phi) is 14.7. The second-order valence-electron chi connectivity index (χ2n) is 9.67. The standard InChI is InChI=1S/C22H37F9O6/c1-2-3-19(14-35,22(29,30)31)16-37-9-7-18(13-34,10-21(26,27)28)15-36-8-6-17(11-32,12-33)4-5-20(23,24)25/h32-35H,2-16H2,1H3/t18-,19?/m1/s1. The third-order valence-corrected chi connectivity index (χ3v) is 6.49. The molecule has 0 aromatic carbocycles. The van der Waals surface area contributed by atoms with Crippen molar-refractivity contribution in [3.8, 4) is 0 Å². The SMILES string of the molecule is CCCC(CO)(COCC[C@@](CO)(COCCC(CO)(CO)CCC(F)(F)F)CC(F)(F)F)C(F)(F)F. The summed E-state index contributed by atoms with van der Waals surface area (Å²) in [6, 6.07) is 0. The number of hydrogen-bond donors (Lipinski definition) is 4. The van der Waals surface area contributed by atoms with Gasteiger partial charge in [0.25, 0.3) is 0 Å². The van der Waals surface area contributed by atoms with Gasteiger partial charge in [0.2, 0.25) is 0 Å². The maximum atomic E-state index is 13.4. The zero-order chi connectivity index (χ0) is 29.0. The van der Waals surface area contributed by atoms with Gasteiger partial charge in [-0.1, -0.05) is 13.3 Å². The van der Waals surface area contributed by atoms with Crippen LogP contribution in [0.2, 0.25) is 0 Å². The lowest BCUT2D eigenvalue weighted by atomic mass is 9.81. The van der Waals surface area contributed by atoms with Crippen LogP contribution in [-0.4, -0.2) is 91.8 Å². The molecule has 0 bridgehead atoms. The highest BCUT2D eigenvalue weighted by molar-refractivity contribution is 4.87. The van der Waals surface area contributed by atoms with Crippen LogP contribution in [0.1, 0.15) is 51.9 Å². The van der Waals surface area contributed by atoms with Gasteiger partial charge in [0, 0.05) is 30.5 Å². The molecule has 0 radical (unpaired) electrons. The molecule has 15 heteroatoms. The first kappa shape index (κ1) is 36.1. The summed E-state index contributed by atoms with van der Waals surface area (Å²) in [5, 5.41) is 38.0. The van der Waals surface area contributed by atoms with Gasteiger partial charge in [-0.05, 0) is 25.7 Å². The molecular weight excluding hydrogens is 531 g/mol. The lowest BCUT2D eigenvalue weighted by molar-refractivity contribution is -0.255.